The molecule has 20 heavy (non-hydrogen) atoms. The highest BCUT2D eigenvalue weighted by Gasteiger charge is 2.11. The minimum Gasteiger partial charge on any atom is -0.338 e. The Bertz CT molecular complexity index is 883. The average molecular weight is 290 g/mol. The van der Waals surface area contributed by atoms with E-state index in [4.69, 9.17) is 0 Å². The second-order valence-electron chi connectivity index (χ2n) is 4.54. The minimum atomic E-state index is -3.25. The van der Waals surface area contributed by atoms with Crippen LogP contribution in [0.1, 0.15) is 0 Å². The molecule has 0 saturated carbocycles. The highest BCUT2D eigenvalue weighted by atomic mass is 32.2. The van der Waals surface area contributed by atoms with Crippen LogP contribution in [0.3, 0.4) is 0 Å². The first-order valence-corrected chi connectivity index (χ1v) is 7.78. The number of sulfone groups is 1. The number of aromatic nitrogens is 2. The Hall–Kier alpha value is -2.21. The summed E-state index contributed by atoms with van der Waals surface area (Å²) in [7, 11) is -3.25. The predicted octanol–water partition coefficient (Wildman–Crippen LogP) is 2.77. The molecule has 0 unspecified atom stereocenters. The Balaban J connectivity index is 2.13. The standard InChI is InChI=1S/C14H11FN2O2S/c1-20(18,19)11-6-7-12-13(8-11)17-14(16-12)9-2-4-10(15)5-3-9/h2-8H,1H3,(H,16,17). The van der Waals surface area contributed by atoms with Gasteiger partial charge in [0.25, 0.3) is 0 Å². The maximum atomic E-state index is 12.9. The first-order chi connectivity index (χ1) is 9.43. The summed E-state index contributed by atoms with van der Waals surface area (Å²) in [5.41, 5.74) is 2.03. The highest BCUT2D eigenvalue weighted by molar-refractivity contribution is 7.90. The van der Waals surface area contributed by atoms with E-state index in [-0.39, 0.29) is 10.7 Å². The fraction of sp³-hybridized carbons (Fsp3) is 0.0714. The molecular weight excluding hydrogens is 279 g/mol. The molecule has 1 heterocycles. The fourth-order valence-corrected chi connectivity index (χ4v) is 2.61. The van der Waals surface area contributed by atoms with Gasteiger partial charge in [-0.15, -0.1) is 0 Å². The molecular formula is C14H11FN2O2S. The van der Waals surface area contributed by atoms with Crippen LogP contribution in [0.25, 0.3) is 22.4 Å². The second kappa shape index (κ2) is 4.42. The lowest BCUT2D eigenvalue weighted by molar-refractivity contribution is 0.602. The van der Waals surface area contributed by atoms with Crippen LogP contribution in [0.5, 0.6) is 0 Å². The van der Waals surface area contributed by atoms with Gasteiger partial charge in [-0.2, -0.15) is 0 Å². The summed E-state index contributed by atoms with van der Waals surface area (Å²) in [6.07, 6.45) is 1.16. The highest BCUT2D eigenvalue weighted by Crippen LogP contribution is 2.22. The molecule has 0 spiro atoms. The molecule has 0 atom stereocenters. The number of hydrogen-bond acceptors (Lipinski definition) is 3. The van der Waals surface area contributed by atoms with Crippen LogP contribution in [0.15, 0.2) is 47.4 Å². The van der Waals surface area contributed by atoms with E-state index in [0.29, 0.717) is 16.9 Å². The summed E-state index contributed by atoms with van der Waals surface area (Å²) in [5, 5.41) is 0. The van der Waals surface area contributed by atoms with E-state index in [9.17, 15) is 12.8 Å². The number of imidazole rings is 1. The summed E-state index contributed by atoms with van der Waals surface area (Å²) in [6, 6.07) is 10.6. The van der Waals surface area contributed by atoms with E-state index in [2.05, 4.69) is 9.97 Å². The van der Waals surface area contributed by atoms with Crippen LogP contribution < -0.4 is 0 Å². The third-order valence-electron chi connectivity index (χ3n) is 3.00. The van der Waals surface area contributed by atoms with Gasteiger partial charge in [0.15, 0.2) is 9.84 Å². The summed E-state index contributed by atoms with van der Waals surface area (Å²) < 4.78 is 35.9. The van der Waals surface area contributed by atoms with Gasteiger partial charge in [0, 0.05) is 11.8 Å². The Morgan fingerprint density at radius 1 is 1.10 bits per heavy atom. The first kappa shape index (κ1) is 12.8. The van der Waals surface area contributed by atoms with E-state index >= 15 is 0 Å². The van der Waals surface area contributed by atoms with Gasteiger partial charge in [-0.3, -0.25) is 0 Å². The molecule has 0 saturated heterocycles. The molecule has 0 radical (unpaired) electrons. The van der Waals surface area contributed by atoms with Crippen molar-refractivity contribution in [2.45, 2.75) is 4.90 Å². The zero-order chi connectivity index (χ0) is 14.3. The zero-order valence-electron chi connectivity index (χ0n) is 10.6. The number of nitrogens with zero attached hydrogens (tertiary/aromatic N) is 1. The number of aromatic amines is 1. The van der Waals surface area contributed by atoms with Crippen molar-refractivity contribution in [2.24, 2.45) is 0 Å². The number of nitrogens with one attached hydrogen (secondary N) is 1. The number of halogens is 1. The van der Waals surface area contributed by atoms with E-state index in [1.54, 1.807) is 24.3 Å². The van der Waals surface area contributed by atoms with E-state index in [1.807, 2.05) is 0 Å². The van der Waals surface area contributed by atoms with Crippen LogP contribution in [0, 0.1) is 5.82 Å². The SMILES string of the molecule is CS(=O)(=O)c1ccc2nc(-c3ccc(F)cc3)[nH]c2c1. The molecule has 1 N–H and O–H groups in total. The lowest BCUT2D eigenvalue weighted by atomic mass is 10.2. The molecule has 0 amide bonds. The number of hydrogen-bond donors (Lipinski definition) is 1. The monoisotopic (exact) mass is 290 g/mol. The van der Waals surface area contributed by atoms with Crippen LogP contribution in [0.4, 0.5) is 4.39 Å². The van der Waals surface area contributed by atoms with Crippen molar-refractivity contribution in [1.82, 2.24) is 9.97 Å². The van der Waals surface area contributed by atoms with Gasteiger partial charge in [-0.05, 0) is 42.5 Å². The number of fused-ring (bicyclic) bond motifs is 1. The van der Waals surface area contributed by atoms with E-state index in [0.717, 1.165) is 11.8 Å². The van der Waals surface area contributed by atoms with Crippen LogP contribution in [-0.4, -0.2) is 24.6 Å². The van der Waals surface area contributed by atoms with Crippen molar-refractivity contribution in [3.63, 3.8) is 0 Å². The second-order valence-corrected chi connectivity index (χ2v) is 6.56. The average Bonchev–Trinajstić information content (AvgIpc) is 2.81. The molecule has 0 aliphatic rings. The van der Waals surface area contributed by atoms with Gasteiger partial charge in [0.2, 0.25) is 0 Å². The van der Waals surface area contributed by atoms with Crippen molar-refractivity contribution >= 4 is 20.9 Å². The van der Waals surface area contributed by atoms with E-state index < -0.39 is 9.84 Å². The third kappa shape index (κ3) is 2.30. The van der Waals surface area contributed by atoms with Crippen molar-refractivity contribution in [2.75, 3.05) is 6.26 Å². The molecule has 3 aromatic rings. The largest absolute Gasteiger partial charge is 0.338 e. The number of H-pyrrole nitrogens is 1. The maximum Gasteiger partial charge on any atom is 0.175 e. The third-order valence-corrected chi connectivity index (χ3v) is 4.11. The predicted molar refractivity (Wildman–Crippen MR) is 74.6 cm³/mol. The normalized spacial score (nSPS) is 11.9. The smallest absolute Gasteiger partial charge is 0.175 e. The van der Waals surface area contributed by atoms with Gasteiger partial charge < -0.3 is 4.98 Å². The van der Waals surface area contributed by atoms with E-state index in [1.165, 1.54) is 18.2 Å². The molecule has 6 heteroatoms. The Labute approximate surface area is 115 Å². The number of benzene rings is 2. The van der Waals surface area contributed by atoms with Gasteiger partial charge >= 0.3 is 0 Å². The number of rotatable bonds is 2. The van der Waals surface area contributed by atoms with Gasteiger partial charge in [-0.1, -0.05) is 0 Å². The summed E-state index contributed by atoms with van der Waals surface area (Å²) in [5.74, 6) is 0.259. The topological polar surface area (TPSA) is 62.8 Å². The Kier molecular flexibility index (Phi) is 2.83. The quantitative estimate of drug-likeness (QED) is 0.789. The van der Waals surface area contributed by atoms with Crippen molar-refractivity contribution in [3.05, 3.63) is 48.3 Å². The zero-order valence-corrected chi connectivity index (χ0v) is 11.4. The molecule has 1 aromatic heterocycles. The van der Waals surface area contributed by atoms with Crippen molar-refractivity contribution < 1.29 is 12.8 Å². The molecule has 3 rings (SSSR count). The lowest BCUT2D eigenvalue weighted by Gasteiger charge is -1.96. The van der Waals surface area contributed by atoms with Crippen LogP contribution >= 0.6 is 0 Å². The van der Waals surface area contributed by atoms with Crippen molar-refractivity contribution in [3.8, 4) is 11.4 Å². The Morgan fingerprint density at radius 3 is 2.45 bits per heavy atom. The van der Waals surface area contributed by atoms with Crippen molar-refractivity contribution in [1.29, 1.82) is 0 Å². The lowest BCUT2D eigenvalue weighted by Crippen LogP contribution is -1.96. The summed E-state index contributed by atoms with van der Waals surface area (Å²) in [4.78, 5) is 7.64. The molecule has 102 valence electrons. The fourth-order valence-electron chi connectivity index (χ4n) is 1.96. The van der Waals surface area contributed by atoms with Crippen LogP contribution in [0.2, 0.25) is 0 Å². The maximum absolute atomic E-state index is 12.9. The van der Waals surface area contributed by atoms with Gasteiger partial charge in [0.05, 0.1) is 15.9 Å². The summed E-state index contributed by atoms with van der Waals surface area (Å²) >= 11 is 0. The molecule has 0 aliphatic carbocycles. The summed E-state index contributed by atoms with van der Waals surface area (Å²) in [6.45, 7) is 0. The molecule has 4 nitrogen and oxygen atoms in total. The minimum absolute atomic E-state index is 0.235. The molecule has 0 fully saturated rings. The molecule has 2 aromatic carbocycles. The van der Waals surface area contributed by atoms with Gasteiger partial charge in [-0.25, -0.2) is 17.8 Å². The Morgan fingerprint density at radius 2 is 1.80 bits per heavy atom. The molecule has 0 bridgehead atoms. The van der Waals surface area contributed by atoms with Gasteiger partial charge in [0.1, 0.15) is 11.6 Å². The first-order valence-electron chi connectivity index (χ1n) is 5.89. The van der Waals surface area contributed by atoms with Crippen LogP contribution in [-0.2, 0) is 9.84 Å². The molecule has 0 aliphatic heterocycles.